The fourth-order valence-electron chi connectivity index (χ4n) is 1.73. The Morgan fingerprint density at radius 2 is 2.07 bits per heavy atom. The summed E-state index contributed by atoms with van der Waals surface area (Å²) in [5, 5.41) is 8.52. The number of H-pyrrole nitrogens is 1. The van der Waals surface area contributed by atoms with E-state index < -0.39 is 0 Å². The maximum absolute atomic E-state index is 5.85. The first-order valence-electron chi connectivity index (χ1n) is 5.05. The molecule has 78 valence electrons. The van der Waals surface area contributed by atoms with E-state index in [0.29, 0.717) is 11.3 Å². The van der Waals surface area contributed by atoms with E-state index in [9.17, 15) is 0 Å². The minimum atomic E-state index is 0.417. The molecule has 14 heavy (non-hydrogen) atoms. The number of nitrogens with zero attached hydrogens (tertiary/aromatic N) is 2. The molecular formula is C9H16N4S. The monoisotopic (exact) mass is 212 g/mol. The van der Waals surface area contributed by atoms with Crippen molar-refractivity contribution in [3.8, 4) is 0 Å². The van der Waals surface area contributed by atoms with Gasteiger partial charge in [0.2, 0.25) is 5.16 Å². The second kappa shape index (κ2) is 4.31. The average Bonchev–Trinajstić information content (AvgIpc) is 2.56. The molecule has 0 aromatic carbocycles. The Bertz CT molecular complexity index is 291. The van der Waals surface area contributed by atoms with Crippen molar-refractivity contribution in [2.75, 3.05) is 0 Å². The van der Waals surface area contributed by atoms with Gasteiger partial charge in [-0.1, -0.05) is 11.8 Å². The summed E-state index contributed by atoms with van der Waals surface area (Å²) in [5.41, 5.74) is 5.85. The predicted octanol–water partition coefficient (Wildman–Crippen LogP) is 1.48. The highest BCUT2D eigenvalue weighted by molar-refractivity contribution is 7.99. The summed E-state index contributed by atoms with van der Waals surface area (Å²) < 4.78 is 0. The Hall–Kier alpha value is -0.550. The SMILES string of the molecule is Cc1nc(SC2CCC(N)CC2)n[nH]1. The zero-order chi connectivity index (χ0) is 9.97. The van der Waals surface area contributed by atoms with Gasteiger partial charge in [-0.2, -0.15) is 0 Å². The van der Waals surface area contributed by atoms with Crippen LogP contribution in [-0.2, 0) is 0 Å². The molecule has 0 atom stereocenters. The molecule has 0 unspecified atom stereocenters. The number of nitrogens with one attached hydrogen (secondary N) is 1. The van der Waals surface area contributed by atoms with Crippen molar-refractivity contribution in [1.82, 2.24) is 15.2 Å². The first kappa shape index (κ1) is 9.98. The second-order valence-electron chi connectivity index (χ2n) is 3.86. The van der Waals surface area contributed by atoms with Gasteiger partial charge in [0, 0.05) is 11.3 Å². The summed E-state index contributed by atoms with van der Waals surface area (Å²) in [6, 6.07) is 0.417. The van der Waals surface area contributed by atoms with E-state index in [1.165, 1.54) is 12.8 Å². The van der Waals surface area contributed by atoms with Crippen molar-refractivity contribution in [1.29, 1.82) is 0 Å². The molecule has 5 heteroatoms. The number of aryl methyl sites for hydroxylation is 1. The molecule has 3 N–H and O–H groups in total. The summed E-state index contributed by atoms with van der Waals surface area (Å²) in [7, 11) is 0. The van der Waals surface area contributed by atoms with Crippen LogP contribution in [-0.4, -0.2) is 26.5 Å². The van der Waals surface area contributed by atoms with Gasteiger partial charge in [-0.3, -0.25) is 5.10 Å². The highest BCUT2D eigenvalue weighted by Gasteiger charge is 2.20. The summed E-state index contributed by atoms with van der Waals surface area (Å²) in [6.07, 6.45) is 4.67. The predicted molar refractivity (Wildman–Crippen MR) is 57.2 cm³/mol. The first-order valence-corrected chi connectivity index (χ1v) is 5.93. The Morgan fingerprint density at radius 3 is 2.64 bits per heavy atom. The maximum Gasteiger partial charge on any atom is 0.208 e. The van der Waals surface area contributed by atoms with Gasteiger partial charge >= 0.3 is 0 Å². The number of thioether (sulfide) groups is 1. The third-order valence-corrected chi connectivity index (χ3v) is 3.77. The number of aromatic nitrogens is 3. The molecule has 0 saturated heterocycles. The number of nitrogens with two attached hydrogens (primary N) is 1. The van der Waals surface area contributed by atoms with Crippen LogP contribution >= 0.6 is 11.8 Å². The van der Waals surface area contributed by atoms with E-state index in [2.05, 4.69) is 15.2 Å². The standard InChI is InChI=1S/C9H16N4S/c1-6-11-9(13-12-6)14-8-4-2-7(10)3-5-8/h7-8H,2-5,10H2,1H3,(H,11,12,13). The molecule has 0 amide bonds. The van der Waals surface area contributed by atoms with E-state index in [-0.39, 0.29) is 0 Å². The zero-order valence-corrected chi connectivity index (χ0v) is 9.18. The average molecular weight is 212 g/mol. The van der Waals surface area contributed by atoms with Crippen LogP contribution < -0.4 is 5.73 Å². The van der Waals surface area contributed by atoms with Crippen LogP contribution in [0.3, 0.4) is 0 Å². The molecule has 1 heterocycles. The van der Waals surface area contributed by atoms with Crippen molar-refractivity contribution in [2.24, 2.45) is 5.73 Å². The van der Waals surface area contributed by atoms with Crippen molar-refractivity contribution in [3.63, 3.8) is 0 Å². The van der Waals surface area contributed by atoms with Crippen LogP contribution in [0.2, 0.25) is 0 Å². The number of aromatic amines is 1. The third kappa shape index (κ3) is 2.48. The summed E-state index contributed by atoms with van der Waals surface area (Å²) in [4.78, 5) is 4.29. The lowest BCUT2D eigenvalue weighted by Gasteiger charge is -2.24. The third-order valence-electron chi connectivity index (χ3n) is 2.57. The molecule has 1 aromatic rings. The molecule has 0 bridgehead atoms. The van der Waals surface area contributed by atoms with Crippen molar-refractivity contribution >= 4 is 11.8 Å². The maximum atomic E-state index is 5.85. The molecule has 1 fully saturated rings. The van der Waals surface area contributed by atoms with Gasteiger partial charge in [0.05, 0.1) is 0 Å². The molecule has 1 aromatic heterocycles. The van der Waals surface area contributed by atoms with Crippen LogP contribution in [0.25, 0.3) is 0 Å². The van der Waals surface area contributed by atoms with Gasteiger partial charge in [-0.15, -0.1) is 5.10 Å². The minimum absolute atomic E-state index is 0.417. The lowest BCUT2D eigenvalue weighted by Crippen LogP contribution is -2.27. The summed E-state index contributed by atoms with van der Waals surface area (Å²) in [6.45, 7) is 1.92. The molecule has 1 aliphatic carbocycles. The van der Waals surface area contributed by atoms with E-state index in [1.54, 1.807) is 11.8 Å². The molecule has 0 aliphatic heterocycles. The second-order valence-corrected chi connectivity index (χ2v) is 5.13. The van der Waals surface area contributed by atoms with E-state index in [1.807, 2.05) is 6.92 Å². The van der Waals surface area contributed by atoms with Crippen molar-refractivity contribution < 1.29 is 0 Å². The normalized spacial score (nSPS) is 27.9. The van der Waals surface area contributed by atoms with Gasteiger partial charge in [0.25, 0.3) is 0 Å². The zero-order valence-electron chi connectivity index (χ0n) is 8.36. The first-order chi connectivity index (χ1) is 6.74. The molecule has 0 radical (unpaired) electrons. The van der Waals surface area contributed by atoms with E-state index in [0.717, 1.165) is 23.8 Å². The van der Waals surface area contributed by atoms with Crippen LogP contribution in [0.1, 0.15) is 31.5 Å². The van der Waals surface area contributed by atoms with Crippen LogP contribution in [0.4, 0.5) is 0 Å². The topological polar surface area (TPSA) is 67.6 Å². The number of hydrogen-bond donors (Lipinski definition) is 2. The van der Waals surface area contributed by atoms with Gasteiger partial charge in [0.15, 0.2) is 0 Å². The number of hydrogen-bond acceptors (Lipinski definition) is 4. The van der Waals surface area contributed by atoms with Gasteiger partial charge in [-0.25, -0.2) is 4.98 Å². The van der Waals surface area contributed by atoms with Crippen LogP contribution in [0.5, 0.6) is 0 Å². The Morgan fingerprint density at radius 1 is 1.36 bits per heavy atom. The summed E-state index contributed by atoms with van der Waals surface area (Å²) in [5.74, 6) is 0.889. The lowest BCUT2D eigenvalue weighted by molar-refractivity contribution is 0.450. The molecule has 1 saturated carbocycles. The quantitative estimate of drug-likeness (QED) is 0.779. The molecule has 4 nitrogen and oxygen atoms in total. The fraction of sp³-hybridized carbons (Fsp3) is 0.778. The summed E-state index contributed by atoms with van der Waals surface area (Å²) >= 11 is 1.78. The van der Waals surface area contributed by atoms with Gasteiger partial charge in [-0.05, 0) is 32.6 Å². The Labute approximate surface area is 88.1 Å². The van der Waals surface area contributed by atoms with Gasteiger partial charge in [0.1, 0.15) is 5.82 Å². The van der Waals surface area contributed by atoms with Crippen LogP contribution in [0.15, 0.2) is 5.16 Å². The Balaban J connectivity index is 1.86. The highest BCUT2D eigenvalue weighted by atomic mass is 32.2. The highest BCUT2D eigenvalue weighted by Crippen LogP contribution is 2.31. The molecule has 1 aliphatic rings. The molecular weight excluding hydrogens is 196 g/mol. The van der Waals surface area contributed by atoms with E-state index >= 15 is 0 Å². The fourth-order valence-corrected chi connectivity index (χ4v) is 2.82. The van der Waals surface area contributed by atoms with Crippen molar-refractivity contribution in [2.45, 2.75) is 49.1 Å². The Kier molecular flexibility index (Phi) is 3.08. The number of rotatable bonds is 2. The molecule has 0 spiro atoms. The van der Waals surface area contributed by atoms with Crippen LogP contribution in [0, 0.1) is 6.92 Å². The molecule has 2 rings (SSSR count). The minimum Gasteiger partial charge on any atom is -0.328 e. The largest absolute Gasteiger partial charge is 0.328 e. The smallest absolute Gasteiger partial charge is 0.208 e. The van der Waals surface area contributed by atoms with Gasteiger partial charge < -0.3 is 5.73 Å². The lowest BCUT2D eigenvalue weighted by atomic mass is 9.96. The van der Waals surface area contributed by atoms with Crippen molar-refractivity contribution in [3.05, 3.63) is 5.82 Å². The van der Waals surface area contributed by atoms with E-state index in [4.69, 9.17) is 5.73 Å².